The number of hydrogen-bond acceptors (Lipinski definition) is 5. The third-order valence-electron chi connectivity index (χ3n) is 2.43. The van der Waals surface area contributed by atoms with Crippen LogP contribution in [-0.2, 0) is 16.0 Å². The van der Waals surface area contributed by atoms with E-state index in [2.05, 4.69) is 15.0 Å². The summed E-state index contributed by atoms with van der Waals surface area (Å²) in [6.45, 7) is 1.40. The first-order valence-corrected chi connectivity index (χ1v) is 7.90. The maximum absolute atomic E-state index is 11.4. The Morgan fingerprint density at radius 3 is 2.71 bits per heavy atom. The van der Waals surface area contributed by atoms with Gasteiger partial charge in [-0.1, -0.05) is 41.7 Å². The van der Waals surface area contributed by atoms with E-state index in [1.54, 1.807) is 12.3 Å². The first-order chi connectivity index (χ1) is 9.71. The molecular formula is C11H13Cl3N2O4S. The lowest BCUT2D eigenvalue weighted by atomic mass is 10.0. The van der Waals surface area contributed by atoms with Gasteiger partial charge in [-0.25, -0.2) is 9.78 Å². The predicted molar refractivity (Wildman–Crippen MR) is 82.5 cm³/mol. The highest BCUT2D eigenvalue weighted by Gasteiger charge is 2.22. The van der Waals surface area contributed by atoms with E-state index >= 15 is 0 Å². The normalized spacial score (nSPS) is 12.8. The lowest BCUT2D eigenvalue weighted by Crippen LogP contribution is -2.21. The van der Waals surface area contributed by atoms with E-state index in [9.17, 15) is 9.59 Å². The average Bonchev–Trinajstić information content (AvgIpc) is 2.79. The second kappa shape index (κ2) is 8.03. The van der Waals surface area contributed by atoms with Crippen LogP contribution in [0.5, 0.6) is 0 Å². The lowest BCUT2D eigenvalue weighted by molar-refractivity contribution is -0.141. The number of carbonyl (C=O) groups is 2. The van der Waals surface area contributed by atoms with Crippen LogP contribution in [0.4, 0.5) is 9.93 Å². The number of nitrogens with zero attached hydrogens (tertiary/aromatic N) is 1. The molecule has 1 heterocycles. The topological polar surface area (TPSA) is 88.5 Å². The van der Waals surface area contributed by atoms with Crippen molar-refractivity contribution in [1.29, 1.82) is 0 Å². The zero-order chi connectivity index (χ0) is 16.0. The van der Waals surface area contributed by atoms with E-state index < -0.39 is 28.4 Å². The van der Waals surface area contributed by atoms with Gasteiger partial charge in [0, 0.05) is 11.8 Å². The van der Waals surface area contributed by atoms with Crippen LogP contribution >= 0.6 is 46.1 Å². The van der Waals surface area contributed by atoms with Crippen molar-refractivity contribution in [3.05, 3.63) is 11.1 Å². The van der Waals surface area contributed by atoms with Crippen LogP contribution in [0.25, 0.3) is 0 Å². The average molecular weight is 376 g/mol. The standard InChI is InChI=1S/C11H13Cl3N2O4S/c1-2-6(8(17)18)3-7-4-21-9(15-7)16-10(19)20-5-11(12,13)14/h4,6H,2-3,5H2,1H3,(H,17,18)(H,15,16,19)/t6-/m1/s1. The van der Waals surface area contributed by atoms with E-state index in [0.29, 0.717) is 23.7 Å². The summed E-state index contributed by atoms with van der Waals surface area (Å²) in [6.07, 6.45) is 0.00112. The van der Waals surface area contributed by atoms with Crippen molar-refractivity contribution >= 4 is 63.3 Å². The number of carboxylic acid groups (broad SMARTS) is 1. The van der Waals surface area contributed by atoms with E-state index in [1.165, 1.54) is 0 Å². The second-order valence-corrected chi connectivity index (χ2v) is 7.48. The number of hydrogen-bond donors (Lipinski definition) is 2. The van der Waals surface area contributed by atoms with Crippen molar-refractivity contribution in [2.24, 2.45) is 5.92 Å². The molecule has 0 aliphatic carbocycles. The zero-order valence-corrected chi connectivity index (χ0v) is 14.0. The SMILES string of the molecule is CC[C@H](Cc1csc(NC(=O)OCC(Cl)(Cl)Cl)n1)C(=O)O. The Morgan fingerprint density at radius 2 is 2.19 bits per heavy atom. The van der Waals surface area contributed by atoms with Gasteiger partial charge in [-0.15, -0.1) is 11.3 Å². The Morgan fingerprint density at radius 1 is 1.52 bits per heavy atom. The van der Waals surface area contributed by atoms with Crippen LogP contribution in [0.3, 0.4) is 0 Å². The molecule has 0 aliphatic rings. The van der Waals surface area contributed by atoms with Gasteiger partial charge in [0.15, 0.2) is 5.13 Å². The fraction of sp³-hybridized carbons (Fsp3) is 0.545. The van der Waals surface area contributed by atoms with Gasteiger partial charge < -0.3 is 9.84 Å². The molecule has 0 bridgehead atoms. The highest BCUT2D eigenvalue weighted by atomic mass is 35.6. The number of halogens is 3. The molecule has 0 fully saturated rings. The first kappa shape index (κ1) is 18.3. The minimum Gasteiger partial charge on any atom is -0.481 e. The fourth-order valence-corrected chi connectivity index (χ4v) is 2.26. The smallest absolute Gasteiger partial charge is 0.413 e. The monoisotopic (exact) mass is 374 g/mol. The minimum absolute atomic E-state index is 0.291. The second-order valence-electron chi connectivity index (χ2n) is 4.11. The molecule has 0 saturated heterocycles. The number of nitrogens with one attached hydrogen (secondary N) is 1. The molecule has 0 saturated carbocycles. The number of aliphatic carboxylic acids is 1. The van der Waals surface area contributed by atoms with Crippen LogP contribution < -0.4 is 5.32 Å². The Bertz CT molecular complexity index is 504. The molecule has 2 N–H and O–H groups in total. The summed E-state index contributed by atoms with van der Waals surface area (Å²) in [7, 11) is 0. The van der Waals surface area contributed by atoms with Crippen molar-refractivity contribution in [2.45, 2.75) is 23.6 Å². The van der Waals surface area contributed by atoms with Crippen molar-refractivity contribution in [3.63, 3.8) is 0 Å². The molecule has 0 radical (unpaired) electrons. The van der Waals surface area contributed by atoms with E-state index in [-0.39, 0.29) is 0 Å². The predicted octanol–water partition coefficient (Wildman–Crippen LogP) is 3.72. The molecule has 0 aromatic carbocycles. The van der Waals surface area contributed by atoms with Crippen LogP contribution in [0.15, 0.2) is 5.38 Å². The maximum Gasteiger partial charge on any atom is 0.413 e. The number of anilines is 1. The van der Waals surface area contributed by atoms with Crippen molar-refractivity contribution < 1.29 is 19.4 Å². The van der Waals surface area contributed by atoms with Crippen molar-refractivity contribution in [1.82, 2.24) is 4.98 Å². The van der Waals surface area contributed by atoms with Gasteiger partial charge in [0.1, 0.15) is 6.61 Å². The number of thiazole rings is 1. The Labute approximate surface area is 140 Å². The largest absolute Gasteiger partial charge is 0.481 e. The quantitative estimate of drug-likeness (QED) is 0.740. The number of alkyl halides is 3. The molecule has 10 heteroatoms. The molecular weight excluding hydrogens is 363 g/mol. The van der Waals surface area contributed by atoms with Gasteiger partial charge in [-0.2, -0.15) is 0 Å². The summed E-state index contributed by atoms with van der Waals surface area (Å²) >= 11 is 17.5. The van der Waals surface area contributed by atoms with Crippen LogP contribution in [0.1, 0.15) is 19.0 Å². The summed E-state index contributed by atoms with van der Waals surface area (Å²) in [5, 5.41) is 13.3. The van der Waals surface area contributed by atoms with E-state index in [4.69, 9.17) is 39.9 Å². The summed E-state index contributed by atoms with van der Waals surface area (Å²) in [4.78, 5) is 26.5. The molecule has 1 aromatic rings. The maximum atomic E-state index is 11.4. The van der Waals surface area contributed by atoms with Crippen LogP contribution in [0.2, 0.25) is 0 Å². The molecule has 0 aliphatic heterocycles. The summed E-state index contributed by atoms with van der Waals surface area (Å²) in [6, 6.07) is 0. The molecule has 6 nitrogen and oxygen atoms in total. The molecule has 1 aromatic heterocycles. The van der Waals surface area contributed by atoms with Gasteiger partial charge in [-0.05, 0) is 6.42 Å². The highest BCUT2D eigenvalue weighted by Crippen LogP contribution is 2.26. The fourth-order valence-electron chi connectivity index (χ4n) is 1.39. The number of carboxylic acids is 1. The molecule has 1 rings (SSSR count). The third-order valence-corrected chi connectivity index (χ3v) is 3.56. The van der Waals surface area contributed by atoms with Crippen LogP contribution in [0, 0.1) is 5.92 Å². The zero-order valence-electron chi connectivity index (χ0n) is 10.9. The van der Waals surface area contributed by atoms with Gasteiger partial charge in [-0.3, -0.25) is 10.1 Å². The van der Waals surface area contributed by atoms with Gasteiger partial charge in [0.05, 0.1) is 11.6 Å². The van der Waals surface area contributed by atoms with Gasteiger partial charge in [0.25, 0.3) is 0 Å². The summed E-state index contributed by atoms with van der Waals surface area (Å²) in [5.74, 6) is -1.38. The number of carbonyl (C=O) groups excluding carboxylic acids is 1. The lowest BCUT2D eigenvalue weighted by Gasteiger charge is -2.10. The Kier molecular flexibility index (Phi) is 6.99. The molecule has 0 unspecified atom stereocenters. The molecule has 1 amide bonds. The summed E-state index contributed by atoms with van der Waals surface area (Å²) in [5.41, 5.74) is 0.589. The Hall–Kier alpha value is -0.760. The number of rotatable bonds is 6. The Balaban J connectivity index is 2.51. The van der Waals surface area contributed by atoms with Gasteiger partial charge >= 0.3 is 12.1 Å². The molecule has 118 valence electrons. The molecule has 0 spiro atoms. The number of aromatic nitrogens is 1. The molecule has 21 heavy (non-hydrogen) atoms. The third kappa shape index (κ3) is 7.17. The van der Waals surface area contributed by atoms with Gasteiger partial charge in [0.2, 0.25) is 3.79 Å². The highest BCUT2D eigenvalue weighted by molar-refractivity contribution is 7.13. The van der Waals surface area contributed by atoms with Crippen LogP contribution in [-0.4, -0.2) is 32.6 Å². The molecule has 1 atom stereocenters. The minimum atomic E-state index is -1.68. The first-order valence-electron chi connectivity index (χ1n) is 5.89. The van der Waals surface area contributed by atoms with E-state index in [1.807, 2.05) is 0 Å². The van der Waals surface area contributed by atoms with Crippen molar-refractivity contribution in [3.8, 4) is 0 Å². The van der Waals surface area contributed by atoms with Crippen molar-refractivity contribution in [2.75, 3.05) is 11.9 Å². The number of ether oxygens (including phenoxy) is 1. The van der Waals surface area contributed by atoms with E-state index in [0.717, 1.165) is 11.3 Å². The summed E-state index contributed by atoms with van der Waals surface area (Å²) < 4.78 is 3.01. The number of amides is 1.